The lowest BCUT2D eigenvalue weighted by atomic mass is 9.87. The van der Waals surface area contributed by atoms with Crippen molar-refractivity contribution in [2.24, 2.45) is 0 Å². The molecule has 2 rings (SSSR count). The van der Waals surface area contributed by atoms with Crippen LogP contribution in [0.3, 0.4) is 0 Å². The fraction of sp³-hybridized carbons (Fsp3) is 0.188. The number of carbonyl (C=O) groups excluding carboxylic acids is 1. The Morgan fingerprint density at radius 1 is 0.842 bits per heavy atom. The molecule has 3 nitrogen and oxygen atoms in total. The monoisotopic (exact) mass is 256 g/mol. The molecule has 2 aromatic rings. The van der Waals surface area contributed by atoms with E-state index in [2.05, 4.69) is 0 Å². The summed E-state index contributed by atoms with van der Waals surface area (Å²) in [5.41, 5.74) is 2.09. The predicted octanol–water partition coefficient (Wildman–Crippen LogP) is 3.21. The molecule has 0 aliphatic heterocycles. The van der Waals surface area contributed by atoms with E-state index in [9.17, 15) is 15.0 Å². The molecule has 0 radical (unpaired) electrons. The Morgan fingerprint density at radius 2 is 1.26 bits per heavy atom. The van der Waals surface area contributed by atoms with Gasteiger partial charge in [0.15, 0.2) is 0 Å². The summed E-state index contributed by atoms with van der Waals surface area (Å²) >= 11 is 0. The molecule has 0 atom stereocenters. The first-order valence-electron chi connectivity index (χ1n) is 6.22. The van der Waals surface area contributed by atoms with Gasteiger partial charge >= 0.3 is 0 Å². The van der Waals surface area contributed by atoms with Gasteiger partial charge in [-0.3, -0.25) is 0 Å². The number of rotatable bonds is 5. The van der Waals surface area contributed by atoms with Crippen LogP contribution in [0.2, 0.25) is 0 Å². The van der Waals surface area contributed by atoms with Crippen molar-refractivity contribution in [2.75, 3.05) is 0 Å². The average Bonchev–Trinajstić information content (AvgIpc) is 2.43. The Bertz CT molecular complexity index is 483. The molecule has 0 saturated carbocycles. The van der Waals surface area contributed by atoms with Gasteiger partial charge in [-0.15, -0.1) is 0 Å². The van der Waals surface area contributed by atoms with Gasteiger partial charge in [0, 0.05) is 12.3 Å². The molecule has 19 heavy (non-hydrogen) atoms. The van der Waals surface area contributed by atoms with E-state index in [-0.39, 0.29) is 17.4 Å². The number of phenolic OH excluding ortho intramolecular Hbond substituents is 2. The van der Waals surface area contributed by atoms with E-state index >= 15 is 0 Å². The molecule has 3 heteroatoms. The maximum Gasteiger partial charge on any atom is 0.120 e. The highest BCUT2D eigenvalue weighted by atomic mass is 16.3. The average molecular weight is 256 g/mol. The Hall–Kier alpha value is -2.29. The van der Waals surface area contributed by atoms with Crippen LogP contribution in [0.5, 0.6) is 11.5 Å². The highest BCUT2D eigenvalue weighted by Crippen LogP contribution is 2.30. The van der Waals surface area contributed by atoms with Gasteiger partial charge in [0.25, 0.3) is 0 Å². The number of carbonyl (C=O) groups is 1. The second kappa shape index (κ2) is 6.05. The molecule has 0 spiro atoms. The van der Waals surface area contributed by atoms with Crippen LogP contribution < -0.4 is 0 Å². The third-order valence-corrected chi connectivity index (χ3v) is 3.16. The van der Waals surface area contributed by atoms with Gasteiger partial charge in [0.1, 0.15) is 17.8 Å². The highest BCUT2D eigenvalue weighted by Gasteiger charge is 2.13. The van der Waals surface area contributed by atoms with Crippen molar-refractivity contribution in [1.82, 2.24) is 0 Å². The van der Waals surface area contributed by atoms with Crippen molar-refractivity contribution in [3.8, 4) is 11.5 Å². The third-order valence-electron chi connectivity index (χ3n) is 3.16. The minimum atomic E-state index is 0.0893. The van der Waals surface area contributed by atoms with Crippen LogP contribution in [0.15, 0.2) is 48.5 Å². The molecule has 0 amide bonds. The Balaban J connectivity index is 2.31. The molecule has 2 N–H and O–H groups in total. The van der Waals surface area contributed by atoms with Gasteiger partial charge < -0.3 is 15.0 Å². The molecule has 0 aliphatic rings. The zero-order chi connectivity index (χ0) is 13.7. The Morgan fingerprint density at radius 3 is 1.63 bits per heavy atom. The fourth-order valence-corrected chi connectivity index (χ4v) is 2.17. The number of hydrogen-bond donors (Lipinski definition) is 2. The first kappa shape index (κ1) is 13.1. The van der Waals surface area contributed by atoms with Crippen molar-refractivity contribution in [2.45, 2.75) is 18.8 Å². The molecule has 0 unspecified atom stereocenters. The fourth-order valence-electron chi connectivity index (χ4n) is 2.17. The molecule has 0 bridgehead atoms. The largest absolute Gasteiger partial charge is 0.508 e. The first-order chi connectivity index (χ1) is 9.20. The Labute approximate surface area is 112 Å². The molecule has 2 aromatic carbocycles. The summed E-state index contributed by atoms with van der Waals surface area (Å²) in [5, 5.41) is 18.7. The van der Waals surface area contributed by atoms with Crippen LogP contribution in [-0.2, 0) is 4.79 Å². The lowest BCUT2D eigenvalue weighted by molar-refractivity contribution is -0.107. The van der Waals surface area contributed by atoms with Gasteiger partial charge in [-0.1, -0.05) is 24.3 Å². The minimum Gasteiger partial charge on any atom is -0.508 e. The van der Waals surface area contributed by atoms with Crippen LogP contribution in [0.25, 0.3) is 0 Å². The highest BCUT2D eigenvalue weighted by molar-refractivity contribution is 5.50. The summed E-state index contributed by atoms with van der Waals surface area (Å²) in [6.45, 7) is 0. The summed E-state index contributed by atoms with van der Waals surface area (Å²) in [4.78, 5) is 10.6. The van der Waals surface area contributed by atoms with Crippen LogP contribution in [0.4, 0.5) is 0 Å². The predicted molar refractivity (Wildman–Crippen MR) is 73.4 cm³/mol. The standard InChI is InChI=1S/C16H16O3/c17-11-1-2-16(12-3-7-14(18)8-4-12)13-5-9-15(19)10-6-13/h3-11,16,18-19H,1-2H2. The van der Waals surface area contributed by atoms with E-state index in [0.29, 0.717) is 12.8 Å². The summed E-state index contributed by atoms with van der Waals surface area (Å²) in [6, 6.07) is 14.0. The molecule has 0 aromatic heterocycles. The van der Waals surface area contributed by atoms with Gasteiger partial charge in [0.2, 0.25) is 0 Å². The number of aldehydes is 1. The molecule has 98 valence electrons. The summed E-state index contributed by atoms with van der Waals surface area (Å²) < 4.78 is 0. The maximum absolute atomic E-state index is 10.6. The molecule has 0 heterocycles. The smallest absolute Gasteiger partial charge is 0.120 e. The number of aromatic hydroxyl groups is 2. The van der Waals surface area contributed by atoms with Gasteiger partial charge in [-0.2, -0.15) is 0 Å². The minimum absolute atomic E-state index is 0.0893. The van der Waals surface area contributed by atoms with E-state index in [0.717, 1.165) is 17.4 Å². The van der Waals surface area contributed by atoms with Gasteiger partial charge in [-0.25, -0.2) is 0 Å². The van der Waals surface area contributed by atoms with Crippen molar-refractivity contribution in [3.63, 3.8) is 0 Å². The zero-order valence-electron chi connectivity index (χ0n) is 10.5. The maximum atomic E-state index is 10.6. The summed E-state index contributed by atoms with van der Waals surface area (Å²) in [7, 11) is 0. The van der Waals surface area contributed by atoms with Crippen LogP contribution in [0.1, 0.15) is 29.9 Å². The van der Waals surface area contributed by atoms with E-state index in [1.165, 1.54) is 0 Å². The normalized spacial score (nSPS) is 10.6. The number of phenols is 2. The molecule has 0 aliphatic carbocycles. The molecule has 0 fully saturated rings. The first-order valence-corrected chi connectivity index (χ1v) is 6.22. The quantitative estimate of drug-likeness (QED) is 0.808. The molecular formula is C16H16O3. The second-order valence-corrected chi connectivity index (χ2v) is 4.48. The van der Waals surface area contributed by atoms with Crippen LogP contribution in [0, 0.1) is 0 Å². The van der Waals surface area contributed by atoms with E-state index in [4.69, 9.17) is 0 Å². The third kappa shape index (κ3) is 3.35. The zero-order valence-corrected chi connectivity index (χ0v) is 10.5. The molecular weight excluding hydrogens is 240 g/mol. The van der Waals surface area contributed by atoms with E-state index < -0.39 is 0 Å². The van der Waals surface area contributed by atoms with E-state index in [1.54, 1.807) is 24.3 Å². The molecule has 0 saturated heterocycles. The SMILES string of the molecule is O=CCCC(c1ccc(O)cc1)c1ccc(O)cc1. The number of hydrogen-bond acceptors (Lipinski definition) is 3. The van der Waals surface area contributed by atoms with Crippen molar-refractivity contribution >= 4 is 6.29 Å². The van der Waals surface area contributed by atoms with Gasteiger partial charge in [-0.05, 0) is 41.8 Å². The van der Waals surface area contributed by atoms with Crippen molar-refractivity contribution in [1.29, 1.82) is 0 Å². The van der Waals surface area contributed by atoms with Crippen molar-refractivity contribution < 1.29 is 15.0 Å². The van der Waals surface area contributed by atoms with Crippen molar-refractivity contribution in [3.05, 3.63) is 59.7 Å². The lowest BCUT2D eigenvalue weighted by Crippen LogP contribution is -2.01. The summed E-state index contributed by atoms with van der Waals surface area (Å²) in [5.74, 6) is 0.540. The summed E-state index contributed by atoms with van der Waals surface area (Å²) in [6.07, 6.45) is 2.10. The number of benzene rings is 2. The lowest BCUT2D eigenvalue weighted by Gasteiger charge is -2.17. The topological polar surface area (TPSA) is 57.5 Å². The van der Waals surface area contributed by atoms with Crippen LogP contribution >= 0.6 is 0 Å². The van der Waals surface area contributed by atoms with Crippen LogP contribution in [-0.4, -0.2) is 16.5 Å². The van der Waals surface area contributed by atoms with Gasteiger partial charge in [0.05, 0.1) is 0 Å². The van der Waals surface area contributed by atoms with E-state index in [1.807, 2.05) is 24.3 Å². The Kier molecular flexibility index (Phi) is 4.18. The second-order valence-electron chi connectivity index (χ2n) is 4.48.